The maximum atomic E-state index is 13.1. The number of fused-ring (bicyclic) bond motifs is 1. The van der Waals surface area contributed by atoms with Crippen LogP contribution in [0.3, 0.4) is 0 Å². The Kier molecular flexibility index (Phi) is 5.80. The first-order chi connectivity index (χ1) is 16.4. The van der Waals surface area contributed by atoms with E-state index >= 15 is 0 Å². The van der Waals surface area contributed by atoms with E-state index in [1.807, 2.05) is 30.3 Å². The van der Waals surface area contributed by atoms with Crippen LogP contribution in [0, 0.1) is 6.92 Å². The van der Waals surface area contributed by atoms with Gasteiger partial charge >= 0.3 is 6.09 Å². The van der Waals surface area contributed by atoms with Crippen molar-refractivity contribution in [2.75, 3.05) is 19.6 Å². The van der Waals surface area contributed by atoms with E-state index in [2.05, 4.69) is 10.1 Å². The van der Waals surface area contributed by atoms with Crippen LogP contribution in [0.25, 0.3) is 16.7 Å². The Morgan fingerprint density at radius 2 is 1.79 bits per heavy atom. The molecular formula is C24H28N6O4. The van der Waals surface area contributed by atoms with Crippen LogP contribution in [-0.4, -0.2) is 72.3 Å². The average Bonchev–Trinajstić information content (AvgIpc) is 3.21. The van der Waals surface area contributed by atoms with Gasteiger partial charge in [-0.15, -0.1) is 0 Å². The SMILES string of the molecule is Cc1nn(-c2ccccc2)c2nc(C3CCN(C(=O)C4CCCCN4C(=O)O)CC3)[nH]c(=O)c12. The molecule has 2 N–H and O–H groups in total. The van der Waals surface area contributed by atoms with Crippen molar-refractivity contribution < 1.29 is 14.7 Å². The lowest BCUT2D eigenvalue weighted by molar-refractivity contribution is -0.138. The third-order valence-electron chi connectivity index (χ3n) is 6.96. The van der Waals surface area contributed by atoms with Crippen molar-refractivity contribution in [3.8, 4) is 5.69 Å². The normalized spacial score (nSPS) is 19.5. The van der Waals surface area contributed by atoms with Crippen LogP contribution in [-0.2, 0) is 4.79 Å². The Hall–Kier alpha value is -3.69. The molecule has 10 heteroatoms. The molecule has 2 aliphatic heterocycles. The number of aryl methyl sites for hydroxylation is 1. The summed E-state index contributed by atoms with van der Waals surface area (Å²) < 4.78 is 1.70. The molecule has 1 unspecified atom stereocenters. The number of amides is 2. The van der Waals surface area contributed by atoms with Crippen molar-refractivity contribution in [2.45, 2.75) is 51.0 Å². The van der Waals surface area contributed by atoms with E-state index in [0.717, 1.165) is 18.5 Å². The Balaban J connectivity index is 1.36. The van der Waals surface area contributed by atoms with E-state index in [0.29, 0.717) is 61.4 Å². The molecule has 34 heavy (non-hydrogen) atoms. The summed E-state index contributed by atoms with van der Waals surface area (Å²) in [5.74, 6) is 0.490. The van der Waals surface area contributed by atoms with Gasteiger partial charge in [-0.05, 0) is 51.2 Å². The molecule has 3 aromatic rings. The van der Waals surface area contributed by atoms with Gasteiger partial charge in [0, 0.05) is 25.6 Å². The number of carboxylic acid groups (broad SMARTS) is 1. The molecule has 178 valence electrons. The molecule has 2 aromatic heterocycles. The van der Waals surface area contributed by atoms with Gasteiger partial charge in [0.15, 0.2) is 5.65 Å². The van der Waals surface area contributed by atoms with Crippen molar-refractivity contribution in [1.82, 2.24) is 29.5 Å². The van der Waals surface area contributed by atoms with Crippen LogP contribution in [0.1, 0.15) is 49.5 Å². The number of carbonyl (C=O) groups is 2. The summed E-state index contributed by atoms with van der Waals surface area (Å²) >= 11 is 0. The molecule has 4 heterocycles. The van der Waals surface area contributed by atoms with Crippen molar-refractivity contribution in [3.63, 3.8) is 0 Å². The number of piperidine rings is 2. The Morgan fingerprint density at radius 1 is 1.06 bits per heavy atom. The Labute approximate surface area is 196 Å². The molecule has 2 aliphatic rings. The summed E-state index contributed by atoms with van der Waals surface area (Å²) in [5.41, 5.74) is 1.77. The van der Waals surface area contributed by atoms with Crippen LogP contribution >= 0.6 is 0 Å². The maximum absolute atomic E-state index is 13.1. The number of rotatable bonds is 3. The van der Waals surface area contributed by atoms with Gasteiger partial charge in [0.25, 0.3) is 5.56 Å². The maximum Gasteiger partial charge on any atom is 0.407 e. The second kappa shape index (κ2) is 8.92. The largest absolute Gasteiger partial charge is 0.465 e. The highest BCUT2D eigenvalue weighted by Gasteiger charge is 2.36. The lowest BCUT2D eigenvalue weighted by Gasteiger charge is -2.38. The van der Waals surface area contributed by atoms with Gasteiger partial charge in [-0.25, -0.2) is 14.5 Å². The van der Waals surface area contributed by atoms with Crippen molar-refractivity contribution in [1.29, 1.82) is 0 Å². The number of benzene rings is 1. The van der Waals surface area contributed by atoms with Crippen LogP contribution in [0.15, 0.2) is 35.1 Å². The number of para-hydroxylation sites is 1. The second-order valence-electron chi connectivity index (χ2n) is 9.07. The third-order valence-corrected chi connectivity index (χ3v) is 6.96. The minimum absolute atomic E-state index is 0.00233. The van der Waals surface area contributed by atoms with E-state index < -0.39 is 12.1 Å². The minimum Gasteiger partial charge on any atom is -0.465 e. The summed E-state index contributed by atoms with van der Waals surface area (Å²) in [7, 11) is 0. The van der Waals surface area contributed by atoms with Gasteiger partial charge in [-0.2, -0.15) is 5.10 Å². The third kappa shape index (κ3) is 3.93. The molecule has 0 spiro atoms. The average molecular weight is 465 g/mol. The number of likely N-dealkylation sites (tertiary alicyclic amines) is 2. The predicted molar refractivity (Wildman–Crippen MR) is 125 cm³/mol. The van der Waals surface area contributed by atoms with Gasteiger partial charge in [-0.1, -0.05) is 18.2 Å². The standard InChI is InChI=1S/C24H28N6O4/c1-15-19-21(30(27-15)17-7-3-2-4-8-17)25-20(26-22(19)31)16-10-13-28(14-11-16)23(32)18-9-5-6-12-29(18)24(33)34/h2-4,7-8,16,18H,5-6,9-14H2,1H3,(H,33,34)(H,25,26,31). The molecule has 0 aliphatic carbocycles. The molecule has 0 saturated carbocycles. The number of H-pyrrole nitrogens is 1. The molecule has 5 rings (SSSR count). The summed E-state index contributed by atoms with van der Waals surface area (Å²) in [6.07, 6.45) is 2.49. The first-order valence-electron chi connectivity index (χ1n) is 11.8. The van der Waals surface area contributed by atoms with E-state index in [-0.39, 0.29) is 17.4 Å². The summed E-state index contributed by atoms with van der Waals surface area (Å²) in [6, 6.07) is 8.99. The highest BCUT2D eigenvalue weighted by molar-refractivity contribution is 5.85. The Morgan fingerprint density at radius 3 is 2.50 bits per heavy atom. The summed E-state index contributed by atoms with van der Waals surface area (Å²) in [4.78, 5) is 48.3. The molecule has 2 fully saturated rings. The van der Waals surface area contributed by atoms with Gasteiger partial charge in [-0.3, -0.25) is 14.5 Å². The second-order valence-corrected chi connectivity index (χ2v) is 9.07. The van der Waals surface area contributed by atoms with Gasteiger partial charge in [0.2, 0.25) is 5.91 Å². The molecule has 0 bridgehead atoms. The van der Waals surface area contributed by atoms with Gasteiger partial charge < -0.3 is 15.0 Å². The molecule has 2 saturated heterocycles. The van der Waals surface area contributed by atoms with Crippen LogP contribution in [0.2, 0.25) is 0 Å². The Bertz CT molecular complexity index is 1280. The first kappa shape index (κ1) is 22.1. The molecule has 1 atom stereocenters. The monoisotopic (exact) mass is 464 g/mol. The molecular weight excluding hydrogens is 436 g/mol. The number of aromatic nitrogens is 4. The summed E-state index contributed by atoms with van der Waals surface area (Å²) in [6.45, 7) is 3.22. The smallest absolute Gasteiger partial charge is 0.407 e. The van der Waals surface area contributed by atoms with Crippen LogP contribution < -0.4 is 5.56 Å². The van der Waals surface area contributed by atoms with Crippen molar-refractivity contribution >= 4 is 23.0 Å². The molecule has 10 nitrogen and oxygen atoms in total. The lowest BCUT2D eigenvalue weighted by atomic mass is 9.94. The highest BCUT2D eigenvalue weighted by Crippen LogP contribution is 2.28. The van der Waals surface area contributed by atoms with Crippen molar-refractivity contribution in [3.05, 3.63) is 52.2 Å². The predicted octanol–water partition coefficient (Wildman–Crippen LogP) is 2.66. The number of nitrogens with one attached hydrogen (secondary N) is 1. The minimum atomic E-state index is -1.03. The highest BCUT2D eigenvalue weighted by atomic mass is 16.4. The zero-order valence-corrected chi connectivity index (χ0v) is 19.1. The molecule has 1 aromatic carbocycles. The van der Waals surface area contributed by atoms with Gasteiger partial charge in [0.05, 0.1) is 11.4 Å². The number of aromatic amines is 1. The van der Waals surface area contributed by atoms with Crippen LogP contribution in [0.5, 0.6) is 0 Å². The number of hydrogen-bond donors (Lipinski definition) is 2. The first-order valence-corrected chi connectivity index (χ1v) is 11.8. The zero-order valence-electron chi connectivity index (χ0n) is 19.1. The van der Waals surface area contributed by atoms with E-state index in [4.69, 9.17) is 4.98 Å². The number of nitrogens with zero attached hydrogens (tertiary/aromatic N) is 5. The summed E-state index contributed by atoms with van der Waals surface area (Å²) in [5, 5.41) is 14.5. The lowest BCUT2D eigenvalue weighted by Crippen LogP contribution is -2.54. The van der Waals surface area contributed by atoms with E-state index in [1.54, 1.807) is 16.5 Å². The fourth-order valence-electron chi connectivity index (χ4n) is 5.15. The van der Waals surface area contributed by atoms with Gasteiger partial charge in [0.1, 0.15) is 17.3 Å². The number of carbonyl (C=O) groups excluding carboxylic acids is 1. The van der Waals surface area contributed by atoms with Crippen LogP contribution in [0.4, 0.5) is 4.79 Å². The number of hydrogen-bond acceptors (Lipinski definition) is 5. The fourth-order valence-corrected chi connectivity index (χ4v) is 5.15. The van der Waals surface area contributed by atoms with E-state index in [9.17, 15) is 19.5 Å². The van der Waals surface area contributed by atoms with E-state index in [1.165, 1.54) is 4.90 Å². The topological polar surface area (TPSA) is 124 Å². The zero-order chi connectivity index (χ0) is 23.8. The molecule has 2 amide bonds. The quantitative estimate of drug-likeness (QED) is 0.614. The van der Waals surface area contributed by atoms with Crippen molar-refractivity contribution in [2.24, 2.45) is 0 Å². The fraction of sp³-hybridized carbons (Fsp3) is 0.458. The molecule has 0 radical (unpaired) electrons.